The maximum atomic E-state index is 14.0. The lowest BCUT2D eigenvalue weighted by atomic mass is 9.44. The van der Waals surface area contributed by atoms with E-state index in [1.54, 1.807) is 13.3 Å². The molecule has 1 aromatic rings. The van der Waals surface area contributed by atoms with Gasteiger partial charge >= 0.3 is 0 Å². The summed E-state index contributed by atoms with van der Waals surface area (Å²) in [5.74, 6) is 1.05. The van der Waals surface area contributed by atoms with Crippen molar-refractivity contribution < 1.29 is 14.6 Å². The second kappa shape index (κ2) is 12.3. The first-order valence-corrected chi connectivity index (χ1v) is 16.6. The summed E-state index contributed by atoms with van der Waals surface area (Å²) in [5, 5.41) is 21.2. The van der Waals surface area contributed by atoms with E-state index in [2.05, 4.69) is 31.8 Å². The smallest absolute Gasteiger partial charge is 0.175 e. The molecule has 6 nitrogen and oxygen atoms in total. The molecule has 226 valence electrons. The molecule has 0 aromatic heterocycles. The zero-order chi connectivity index (χ0) is 30.1. The number of ketones is 1. The summed E-state index contributed by atoms with van der Waals surface area (Å²) < 4.78 is 6.24. The molecule has 3 fully saturated rings. The summed E-state index contributed by atoms with van der Waals surface area (Å²) in [7, 11) is 1.69. The number of carbonyl (C=O) groups is 1. The molecule has 3 saturated carbocycles. The van der Waals surface area contributed by atoms with Crippen molar-refractivity contribution >= 4 is 40.2 Å². The number of hydrogen-bond acceptors (Lipinski definition) is 7. The highest BCUT2D eigenvalue weighted by Crippen LogP contribution is 2.68. The van der Waals surface area contributed by atoms with Gasteiger partial charge < -0.3 is 15.3 Å². The average Bonchev–Trinajstić information content (AvgIpc) is 3.28. The van der Waals surface area contributed by atoms with Crippen molar-refractivity contribution in [2.75, 3.05) is 12.9 Å². The van der Waals surface area contributed by atoms with Gasteiger partial charge in [0.15, 0.2) is 5.78 Å². The number of aliphatic hydroxyl groups is 1. The molecule has 4 aliphatic rings. The van der Waals surface area contributed by atoms with Crippen LogP contribution in [0.3, 0.4) is 0 Å². The van der Waals surface area contributed by atoms with Crippen LogP contribution >= 0.6 is 11.8 Å². The number of nitrogens with one attached hydrogen (secondary N) is 1. The number of rotatable bonds is 8. The minimum atomic E-state index is -0.896. The molecule has 0 radical (unpaired) electrons. The molecule has 1 aromatic carbocycles. The molecule has 4 aliphatic carbocycles. The topological polar surface area (TPSA) is 95.1 Å². The fourth-order valence-electron chi connectivity index (χ4n) is 9.22. The fourth-order valence-corrected chi connectivity index (χ4v) is 9.93. The molecule has 0 heterocycles. The highest BCUT2D eigenvalue weighted by molar-refractivity contribution is 8.14. The number of allylic oxidation sites excluding steroid dienone is 3. The Bertz CT molecular complexity index is 1310. The van der Waals surface area contributed by atoms with Gasteiger partial charge in [0.25, 0.3) is 0 Å². The van der Waals surface area contributed by atoms with Crippen molar-refractivity contribution in [1.29, 1.82) is 5.41 Å². The molecule has 5 rings (SSSR count). The van der Waals surface area contributed by atoms with Gasteiger partial charge in [-0.25, -0.2) is 0 Å². The number of fused-ring (bicyclic) bond motifs is 5. The molecule has 0 aliphatic heterocycles. The summed E-state index contributed by atoms with van der Waals surface area (Å²) in [4.78, 5) is 23.4. The van der Waals surface area contributed by atoms with Crippen molar-refractivity contribution in [2.24, 2.45) is 44.5 Å². The number of para-hydroxylation sites is 1. The van der Waals surface area contributed by atoms with Crippen LogP contribution in [0.5, 0.6) is 0 Å². The van der Waals surface area contributed by atoms with Crippen LogP contribution in [0.25, 0.3) is 0 Å². The first kappa shape index (κ1) is 31.1. The van der Waals surface area contributed by atoms with Gasteiger partial charge in [0, 0.05) is 36.6 Å². The zero-order valence-electron chi connectivity index (χ0n) is 25.8. The first-order chi connectivity index (χ1) is 20.1. The number of ether oxygens (including phenoxy) is 1. The molecule has 0 saturated heterocycles. The minimum Gasteiger partial charge on any atom is -0.393 e. The highest BCUT2D eigenvalue weighted by Gasteiger charge is 2.69. The lowest BCUT2D eigenvalue weighted by molar-refractivity contribution is -0.185. The van der Waals surface area contributed by atoms with Gasteiger partial charge in [0.1, 0.15) is 5.60 Å². The predicted molar refractivity (Wildman–Crippen MR) is 174 cm³/mol. The third-order valence-electron chi connectivity index (χ3n) is 11.2. The first-order valence-electron chi connectivity index (χ1n) is 15.6. The third-order valence-corrected chi connectivity index (χ3v) is 12.1. The molecule has 2 N–H and O–H groups in total. The molecule has 42 heavy (non-hydrogen) atoms. The second-order valence-electron chi connectivity index (χ2n) is 13.2. The number of methoxy groups -OCH3 is 1. The molecule has 0 bridgehead atoms. The molecule has 0 amide bonds. The molecule has 8 atom stereocenters. The van der Waals surface area contributed by atoms with Crippen LogP contribution in [0.2, 0.25) is 0 Å². The van der Waals surface area contributed by atoms with E-state index in [0.29, 0.717) is 30.4 Å². The molecule has 7 heteroatoms. The monoisotopic (exact) mass is 589 g/mol. The number of hydrogen-bond donors (Lipinski definition) is 2. The van der Waals surface area contributed by atoms with Crippen molar-refractivity contribution in [1.82, 2.24) is 0 Å². The van der Waals surface area contributed by atoms with Gasteiger partial charge in [-0.1, -0.05) is 50.6 Å². The molecule has 8 unspecified atom stereocenters. The van der Waals surface area contributed by atoms with Crippen molar-refractivity contribution in [2.45, 2.75) is 84.3 Å². The number of carbonyl (C=O) groups excluding carboxylic acids is 1. The van der Waals surface area contributed by atoms with E-state index < -0.39 is 17.1 Å². The van der Waals surface area contributed by atoms with Crippen LogP contribution in [0.4, 0.5) is 5.69 Å². The summed E-state index contributed by atoms with van der Waals surface area (Å²) >= 11 is 1.48. The molecular formula is C35H47N3O3S. The summed E-state index contributed by atoms with van der Waals surface area (Å²) in [5.41, 5.74) is 1.68. The van der Waals surface area contributed by atoms with Crippen LogP contribution in [-0.2, 0) is 9.53 Å². The number of benzene rings is 1. The van der Waals surface area contributed by atoms with E-state index in [9.17, 15) is 9.90 Å². The quantitative estimate of drug-likeness (QED) is 0.241. The lowest BCUT2D eigenvalue weighted by Crippen LogP contribution is -2.62. The Morgan fingerprint density at radius 1 is 1.21 bits per heavy atom. The third kappa shape index (κ3) is 5.20. The van der Waals surface area contributed by atoms with Crippen LogP contribution in [0.15, 0.2) is 64.2 Å². The Hall–Kier alpha value is -2.35. The Morgan fingerprint density at radius 2 is 1.98 bits per heavy atom. The highest BCUT2D eigenvalue weighted by atomic mass is 32.2. The number of nitrogens with zero attached hydrogens (tertiary/aromatic N) is 2. The van der Waals surface area contributed by atoms with E-state index in [0.717, 1.165) is 48.5 Å². The molecular weight excluding hydrogens is 542 g/mol. The zero-order valence-corrected chi connectivity index (χ0v) is 26.6. The number of thioether (sulfide) groups is 1. The van der Waals surface area contributed by atoms with Gasteiger partial charge in [-0.15, -0.1) is 11.8 Å². The van der Waals surface area contributed by atoms with Gasteiger partial charge in [-0.2, -0.15) is 0 Å². The number of Topliss-reactive ketones (excluding diaryl/α,β-unsaturated/α-hetero) is 1. The van der Waals surface area contributed by atoms with E-state index >= 15 is 0 Å². The van der Waals surface area contributed by atoms with Crippen LogP contribution in [-0.4, -0.2) is 52.4 Å². The summed E-state index contributed by atoms with van der Waals surface area (Å²) in [6.45, 7) is 8.54. The normalized spacial score (nSPS) is 39.0. The Labute approximate surface area is 255 Å². The van der Waals surface area contributed by atoms with Crippen molar-refractivity contribution in [3.05, 3.63) is 54.3 Å². The minimum absolute atomic E-state index is 0.0875. The summed E-state index contributed by atoms with van der Waals surface area (Å²) in [6.07, 6.45) is 12.9. The van der Waals surface area contributed by atoms with Gasteiger partial charge in [0.05, 0.1) is 22.6 Å². The number of aliphatic hydroxyl groups excluding tert-OH is 1. The maximum Gasteiger partial charge on any atom is 0.175 e. The van der Waals surface area contributed by atoms with E-state index in [1.807, 2.05) is 43.3 Å². The van der Waals surface area contributed by atoms with Crippen LogP contribution in [0.1, 0.15) is 72.6 Å². The van der Waals surface area contributed by atoms with E-state index in [-0.39, 0.29) is 23.0 Å². The van der Waals surface area contributed by atoms with Gasteiger partial charge in [-0.3, -0.25) is 14.8 Å². The Balaban J connectivity index is 1.42. The van der Waals surface area contributed by atoms with Gasteiger partial charge in [0.2, 0.25) is 0 Å². The lowest BCUT2D eigenvalue weighted by Gasteiger charge is -2.61. The SMILES string of the molecule is CCC=CN=C(C)SCC(=O)C1(OC)CCC2C3CCC4=CC(=Nc5ccccc5)C(C=N)CC4(C)C3C(O)CC21C. The van der Waals surface area contributed by atoms with Crippen LogP contribution < -0.4 is 0 Å². The Kier molecular flexibility index (Phi) is 9.13. The van der Waals surface area contributed by atoms with E-state index in [4.69, 9.17) is 15.1 Å². The van der Waals surface area contributed by atoms with Gasteiger partial charge in [-0.05, 0) is 93.2 Å². The predicted octanol–water partition coefficient (Wildman–Crippen LogP) is 7.60. The Morgan fingerprint density at radius 3 is 2.67 bits per heavy atom. The van der Waals surface area contributed by atoms with Crippen LogP contribution in [0, 0.1) is 39.9 Å². The summed E-state index contributed by atoms with van der Waals surface area (Å²) in [6, 6.07) is 9.97. The van der Waals surface area contributed by atoms with Crippen molar-refractivity contribution in [3.8, 4) is 0 Å². The molecule has 0 spiro atoms. The maximum absolute atomic E-state index is 14.0. The second-order valence-corrected chi connectivity index (χ2v) is 14.4. The number of aliphatic imine (C=N–C) groups is 2. The van der Waals surface area contributed by atoms with E-state index in [1.165, 1.54) is 23.5 Å². The standard InChI is InChI=1S/C35H47N3O3S/c1-6-7-17-37-23(2)42-22-31(40)35(41-5)16-15-28-27-14-13-25-18-29(38-26-11-9-8-10-12-26)24(21-36)19-33(25,3)32(27)30(39)20-34(28,35)4/h7-12,17-18,21,24,27-28,30,32,36,39H,6,13-16,19-20,22H2,1-5H3. The fraction of sp³-hybridized carbons (Fsp3) is 0.600. The average molecular weight is 590 g/mol. The largest absolute Gasteiger partial charge is 0.393 e. The van der Waals surface area contributed by atoms with Crippen molar-refractivity contribution in [3.63, 3.8) is 0 Å².